The third-order valence-electron chi connectivity index (χ3n) is 2.40. The Morgan fingerprint density at radius 3 is 2.76 bits per heavy atom. The van der Waals surface area contributed by atoms with Gasteiger partial charge >= 0.3 is 5.97 Å². The van der Waals surface area contributed by atoms with Crippen molar-refractivity contribution in [2.24, 2.45) is 0 Å². The summed E-state index contributed by atoms with van der Waals surface area (Å²) in [5.74, 6) is -0.928. The second-order valence-corrected chi connectivity index (χ2v) is 4.19. The number of aromatic amines is 1. The molecule has 1 aromatic heterocycles. The van der Waals surface area contributed by atoms with Gasteiger partial charge < -0.3 is 14.8 Å². The highest BCUT2D eigenvalue weighted by molar-refractivity contribution is 9.10. The molecule has 2 aromatic rings. The zero-order valence-corrected chi connectivity index (χ0v) is 10.4. The van der Waals surface area contributed by atoms with E-state index in [9.17, 15) is 9.59 Å². The number of carboxylic acid groups (broad SMARTS) is 1. The van der Waals surface area contributed by atoms with Gasteiger partial charge in [0.15, 0.2) is 0 Å². The van der Waals surface area contributed by atoms with Crippen LogP contribution in [0.15, 0.2) is 27.6 Å². The molecular formula is C11H8BrNO4. The molecule has 0 bridgehead atoms. The van der Waals surface area contributed by atoms with Crippen molar-refractivity contribution in [3.05, 3.63) is 38.6 Å². The van der Waals surface area contributed by atoms with Crippen molar-refractivity contribution in [3.8, 4) is 5.75 Å². The first-order chi connectivity index (χ1) is 8.06. The van der Waals surface area contributed by atoms with Gasteiger partial charge in [-0.1, -0.05) is 0 Å². The maximum absolute atomic E-state index is 12.0. The highest BCUT2D eigenvalue weighted by Gasteiger charge is 2.16. The number of ether oxygens (including phenoxy) is 1. The molecule has 0 fully saturated rings. The maximum atomic E-state index is 12.0. The lowest BCUT2D eigenvalue weighted by Crippen LogP contribution is -2.16. The molecule has 0 atom stereocenters. The Morgan fingerprint density at radius 1 is 1.47 bits per heavy atom. The van der Waals surface area contributed by atoms with Crippen molar-refractivity contribution in [1.82, 2.24) is 4.98 Å². The number of hydrogen-bond donors (Lipinski definition) is 2. The number of hydrogen-bond acceptors (Lipinski definition) is 3. The number of nitrogens with one attached hydrogen (secondary N) is 1. The van der Waals surface area contributed by atoms with Crippen molar-refractivity contribution in [2.45, 2.75) is 0 Å². The van der Waals surface area contributed by atoms with Crippen LogP contribution < -0.4 is 10.2 Å². The van der Waals surface area contributed by atoms with Gasteiger partial charge in [0.25, 0.3) is 0 Å². The summed E-state index contributed by atoms with van der Waals surface area (Å²) in [7, 11) is 1.43. The molecular weight excluding hydrogens is 290 g/mol. The van der Waals surface area contributed by atoms with Crippen LogP contribution in [0.25, 0.3) is 10.9 Å². The van der Waals surface area contributed by atoms with Crippen LogP contribution in [0.2, 0.25) is 0 Å². The average Bonchev–Trinajstić information content (AvgIpc) is 2.30. The lowest BCUT2D eigenvalue weighted by Gasteiger charge is -2.07. The molecule has 0 spiro atoms. The van der Waals surface area contributed by atoms with Crippen molar-refractivity contribution < 1.29 is 14.6 Å². The summed E-state index contributed by atoms with van der Waals surface area (Å²) in [6.45, 7) is 0. The quantitative estimate of drug-likeness (QED) is 0.888. The minimum absolute atomic E-state index is 0.224. The molecule has 0 saturated carbocycles. The summed E-state index contributed by atoms with van der Waals surface area (Å²) in [6, 6.07) is 3.32. The third-order valence-corrected chi connectivity index (χ3v) is 3.06. The number of methoxy groups -OCH3 is 1. The van der Waals surface area contributed by atoms with Gasteiger partial charge in [0.2, 0.25) is 5.43 Å². The van der Waals surface area contributed by atoms with E-state index >= 15 is 0 Å². The molecule has 0 aliphatic heterocycles. The fourth-order valence-electron chi connectivity index (χ4n) is 1.60. The summed E-state index contributed by atoms with van der Waals surface area (Å²) in [5, 5.41) is 9.11. The number of fused-ring (bicyclic) bond motifs is 1. The number of rotatable bonds is 2. The van der Waals surface area contributed by atoms with Crippen molar-refractivity contribution in [1.29, 1.82) is 0 Å². The van der Waals surface area contributed by atoms with E-state index < -0.39 is 11.4 Å². The molecule has 88 valence electrons. The second-order valence-electron chi connectivity index (χ2n) is 3.34. The summed E-state index contributed by atoms with van der Waals surface area (Å²) < 4.78 is 5.73. The van der Waals surface area contributed by atoms with Crippen LogP contribution in [0.5, 0.6) is 5.75 Å². The summed E-state index contributed by atoms with van der Waals surface area (Å²) in [5.41, 5.74) is -0.363. The molecule has 0 saturated heterocycles. The standard InChI is InChI=1S/C11H8BrNO4/c1-17-7-3-2-6(12)9-8(7)10(14)5(4-13-9)11(15)16/h2-4H,1H3,(H,13,14)(H,15,16). The first-order valence-electron chi connectivity index (χ1n) is 4.67. The molecule has 0 aliphatic rings. The Bertz CT molecular complexity index is 662. The van der Waals surface area contributed by atoms with Gasteiger partial charge in [0.05, 0.1) is 18.0 Å². The Balaban J connectivity index is 2.97. The average molecular weight is 298 g/mol. The minimum Gasteiger partial charge on any atom is -0.496 e. The maximum Gasteiger partial charge on any atom is 0.341 e. The van der Waals surface area contributed by atoms with Gasteiger partial charge in [-0.25, -0.2) is 4.79 Å². The van der Waals surface area contributed by atoms with E-state index in [4.69, 9.17) is 9.84 Å². The predicted octanol–water partition coefficient (Wildman–Crippen LogP) is 2.00. The first-order valence-corrected chi connectivity index (χ1v) is 5.46. The van der Waals surface area contributed by atoms with Gasteiger partial charge in [-0.2, -0.15) is 0 Å². The molecule has 0 unspecified atom stereocenters. The van der Waals surface area contributed by atoms with E-state index in [1.165, 1.54) is 13.3 Å². The molecule has 2 N–H and O–H groups in total. The predicted molar refractivity (Wildman–Crippen MR) is 65.8 cm³/mol. The van der Waals surface area contributed by atoms with Crippen LogP contribution in [0, 0.1) is 0 Å². The lowest BCUT2D eigenvalue weighted by molar-refractivity contribution is 0.0695. The molecule has 1 heterocycles. The first kappa shape index (κ1) is 11.7. The van der Waals surface area contributed by atoms with Crippen LogP contribution in [0.4, 0.5) is 0 Å². The minimum atomic E-state index is -1.27. The van der Waals surface area contributed by atoms with E-state index in [2.05, 4.69) is 20.9 Å². The van der Waals surface area contributed by atoms with Gasteiger partial charge in [-0.05, 0) is 28.1 Å². The number of halogens is 1. The van der Waals surface area contributed by atoms with E-state index in [-0.39, 0.29) is 10.9 Å². The van der Waals surface area contributed by atoms with Crippen molar-refractivity contribution in [2.75, 3.05) is 7.11 Å². The molecule has 6 heteroatoms. The fraction of sp³-hybridized carbons (Fsp3) is 0.0909. The highest BCUT2D eigenvalue weighted by atomic mass is 79.9. The van der Waals surface area contributed by atoms with Gasteiger partial charge in [0, 0.05) is 10.7 Å². The lowest BCUT2D eigenvalue weighted by atomic mass is 10.1. The molecule has 2 rings (SSSR count). The van der Waals surface area contributed by atoms with E-state index in [1.54, 1.807) is 12.1 Å². The van der Waals surface area contributed by atoms with E-state index in [0.29, 0.717) is 15.7 Å². The molecule has 1 aromatic carbocycles. The SMILES string of the molecule is COc1ccc(Br)c2[nH]cc(C(=O)O)c(=O)c12. The topological polar surface area (TPSA) is 79.4 Å². The van der Waals surface area contributed by atoms with Crippen LogP contribution in [0.3, 0.4) is 0 Å². The number of carboxylic acids is 1. The largest absolute Gasteiger partial charge is 0.496 e. The van der Waals surface area contributed by atoms with E-state index in [0.717, 1.165) is 0 Å². The van der Waals surface area contributed by atoms with Crippen molar-refractivity contribution >= 4 is 32.8 Å². The van der Waals surface area contributed by atoms with Crippen LogP contribution >= 0.6 is 15.9 Å². The Morgan fingerprint density at radius 2 is 2.18 bits per heavy atom. The molecule has 5 nitrogen and oxygen atoms in total. The zero-order chi connectivity index (χ0) is 12.6. The summed E-state index contributed by atoms with van der Waals surface area (Å²) in [6.07, 6.45) is 1.18. The van der Waals surface area contributed by atoms with Crippen LogP contribution in [-0.2, 0) is 0 Å². The number of H-pyrrole nitrogens is 1. The van der Waals surface area contributed by atoms with Crippen molar-refractivity contribution in [3.63, 3.8) is 0 Å². The molecule has 17 heavy (non-hydrogen) atoms. The Kier molecular flexibility index (Phi) is 2.89. The number of aromatic carboxylic acids is 1. The van der Waals surface area contributed by atoms with Crippen LogP contribution in [0.1, 0.15) is 10.4 Å². The molecule has 0 radical (unpaired) electrons. The van der Waals surface area contributed by atoms with E-state index in [1.807, 2.05) is 0 Å². The second kappa shape index (κ2) is 4.21. The number of aromatic nitrogens is 1. The molecule has 0 aliphatic carbocycles. The highest BCUT2D eigenvalue weighted by Crippen LogP contribution is 2.27. The van der Waals surface area contributed by atoms with Gasteiger partial charge in [-0.3, -0.25) is 4.79 Å². The summed E-state index contributed by atoms with van der Waals surface area (Å²) >= 11 is 3.28. The third kappa shape index (κ3) is 1.80. The number of carbonyl (C=O) groups is 1. The molecule has 0 amide bonds. The monoisotopic (exact) mass is 297 g/mol. The van der Waals surface area contributed by atoms with Crippen LogP contribution in [-0.4, -0.2) is 23.2 Å². The summed E-state index contributed by atoms with van der Waals surface area (Å²) in [4.78, 5) is 25.7. The smallest absolute Gasteiger partial charge is 0.341 e. The Hall–Kier alpha value is -1.82. The fourth-order valence-corrected chi connectivity index (χ4v) is 2.04. The van der Waals surface area contributed by atoms with Gasteiger partial charge in [-0.15, -0.1) is 0 Å². The normalized spacial score (nSPS) is 10.5. The van der Waals surface area contributed by atoms with Gasteiger partial charge in [0.1, 0.15) is 11.3 Å². The Labute approximate surface area is 104 Å². The number of benzene rings is 1. The number of pyridine rings is 1. The zero-order valence-electron chi connectivity index (χ0n) is 8.78.